The molecule has 2 atom stereocenters. The monoisotopic (exact) mass is 655 g/mol. The van der Waals surface area contributed by atoms with Crippen LogP contribution in [0, 0.1) is 5.92 Å². The average Bonchev–Trinajstić information content (AvgIpc) is 3.43. The number of aryl methyl sites for hydroxylation is 1. The van der Waals surface area contributed by atoms with Crippen LogP contribution in [0.1, 0.15) is 110 Å². The minimum atomic E-state index is -0.415. The van der Waals surface area contributed by atoms with E-state index in [4.69, 9.17) is 24.1 Å². The van der Waals surface area contributed by atoms with E-state index in [-0.39, 0.29) is 18.4 Å². The number of unbranched alkanes of at least 4 members (excludes halogenated alkanes) is 2. The van der Waals surface area contributed by atoms with Gasteiger partial charge in [-0.25, -0.2) is 4.68 Å². The number of allylic oxidation sites excluding steroid dienone is 3. The van der Waals surface area contributed by atoms with E-state index in [1.165, 1.54) is 5.57 Å². The average molecular weight is 656 g/mol. The standard InChI is InChI=1S/C38H61N3O6/c1-9-10-11-12-30-24-34(43)36(33-23-29(4)13-14-32(33)28(2)3)35(25-30)45-21-22-47-37(5,6)15-18-46-38(7,8)26-31-27-41(40-39-31)16-19-44-20-17-42/h23-25,27,32-33,42-43H,2,9-22,26H2,1,3-8H3. The van der Waals surface area contributed by atoms with Crippen molar-refractivity contribution in [3.8, 4) is 11.5 Å². The Morgan fingerprint density at radius 1 is 1.04 bits per heavy atom. The number of benzene rings is 1. The van der Waals surface area contributed by atoms with Crippen LogP contribution in [0.15, 0.2) is 42.1 Å². The van der Waals surface area contributed by atoms with Gasteiger partial charge in [0.25, 0.3) is 0 Å². The molecule has 264 valence electrons. The van der Waals surface area contributed by atoms with Crippen LogP contribution in [0.2, 0.25) is 0 Å². The van der Waals surface area contributed by atoms with Gasteiger partial charge in [0.05, 0.1) is 56.5 Å². The van der Waals surface area contributed by atoms with E-state index < -0.39 is 11.2 Å². The minimum absolute atomic E-state index is 0.0123. The molecule has 9 heteroatoms. The van der Waals surface area contributed by atoms with Gasteiger partial charge < -0.3 is 29.2 Å². The molecule has 0 radical (unpaired) electrons. The highest BCUT2D eigenvalue weighted by Crippen LogP contribution is 2.47. The van der Waals surface area contributed by atoms with Crippen molar-refractivity contribution in [2.45, 2.75) is 123 Å². The summed E-state index contributed by atoms with van der Waals surface area (Å²) >= 11 is 0. The molecular weight excluding hydrogens is 594 g/mol. The molecule has 0 saturated carbocycles. The Labute approximate surface area is 283 Å². The van der Waals surface area contributed by atoms with Gasteiger partial charge in [0.15, 0.2) is 0 Å². The van der Waals surface area contributed by atoms with Gasteiger partial charge in [0.2, 0.25) is 0 Å². The van der Waals surface area contributed by atoms with Crippen LogP contribution in [0.4, 0.5) is 0 Å². The predicted molar refractivity (Wildman–Crippen MR) is 187 cm³/mol. The summed E-state index contributed by atoms with van der Waals surface area (Å²) in [5.41, 5.74) is 4.48. The fourth-order valence-electron chi connectivity index (χ4n) is 6.21. The maximum absolute atomic E-state index is 11.4. The van der Waals surface area contributed by atoms with Crippen LogP contribution in [0.25, 0.3) is 0 Å². The number of aliphatic hydroxyl groups excluding tert-OH is 1. The van der Waals surface area contributed by atoms with Crippen molar-refractivity contribution in [1.29, 1.82) is 0 Å². The highest BCUT2D eigenvalue weighted by atomic mass is 16.5. The van der Waals surface area contributed by atoms with E-state index >= 15 is 0 Å². The van der Waals surface area contributed by atoms with Crippen LogP contribution < -0.4 is 4.74 Å². The second-order valence-electron chi connectivity index (χ2n) is 14.3. The maximum Gasteiger partial charge on any atom is 0.127 e. The van der Waals surface area contributed by atoms with Gasteiger partial charge in [-0.1, -0.05) is 48.8 Å². The van der Waals surface area contributed by atoms with E-state index in [0.29, 0.717) is 51.7 Å². The second kappa shape index (κ2) is 18.7. The van der Waals surface area contributed by atoms with Crippen LogP contribution in [0.5, 0.6) is 11.5 Å². The Morgan fingerprint density at radius 2 is 1.81 bits per heavy atom. The number of ether oxygens (including phenoxy) is 4. The number of aromatic nitrogens is 3. The molecule has 1 aliphatic rings. The molecule has 1 heterocycles. The number of aromatic hydroxyl groups is 1. The Kier molecular flexibility index (Phi) is 15.4. The molecule has 1 aliphatic carbocycles. The van der Waals surface area contributed by atoms with Crippen LogP contribution in [-0.4, -0.2) is 76.1 Å². The molecule has 1 aromatic heterocycles. The molecule has 2 aromatic rings. The molecule has 1 aromatic carbocycles. The van der Waals surface area contributed by atoms with Crippen LogP contribution in [0.3, 0.4) is 0 Å². The molecule has 0 fully saturated rings. The van der Waals surface area contributed by atoms with Gasteiger partial charge in [-0.05, 0) is 97.3 Å². The lowest BCUT2D eigenvalue weighted by Crippen LogP contribution is -2.33. The molecule has 0 aliphatic heterocycles. The lowest BCUT2D eigenvalue weighted by molar-refractivity contribution is -0.0765. The zero-order valence-corrected chi connectivity index (χ0v) is 30.1. The molecule has 0 spiro atoms. The minimum Gasteiger partial charge on any atom is -0.507 e. The number of rotatable bonds is 22. The molecule has 0 bridgehead atoms. The highest BCUT2D eigenvalue weighted by molar-refractivity contribution is 5.52. The van der Waals surface area contributed by atoms with Gasteiger partial charge in [0.1, 0.15) is 18.1 Å². The summed E-state index contributed by atoms with van der Waals surface area (Å²) in [6, 6.07) is 4.06. The third-order valence-corrected chi connectivity index (χ3v) is 8.89. The lowest BCUT2D eigenvalue weighted by atomic mass is 9.73. The summed E-state index contributed by atoms with van der Waals surface area (Å²) in [6.07, 6.45) is 12.0. The zero-order chi connectivity index (χ0) is 34.5. The van der Waals surface area contributed by atoms with Crippen LogP contribution >= 0.6 is 0 Å². The molecule has 2 unspecified atom stereocenters. The van der Waals surface area contributed by atoms with Crippen molar-refractivity contribution in [2.24, 2.45) is 5.92 Å². The van der Waals surface area contributed by atoms with Crippen molar-refractivity contribution < 1.29 is 29.2 Å². The van der Waals surface area contributed by atoms with E-state index in [0.717, 1.165) is 73.1 Å². The topological polar surface area (TPSA) is 108 Å². The first-order valence-electron chi connectivity index (χ1n) is 17.5. The fourth-order valence-corrected chi connectivity index (χ4v) is 6.21. The zero-order valence-electron chi connectivity index (χ0n) is 30.1. The van der Waals surface area contributed by atoms with Crippen LogP contribution in [-0.2, 0) is 33.6 Å². The third kappa shape index (κ3) is 13.0. The van der Waals surface area contributed by atoms with E-state index in [2.05, 4.69) is 77.5 Å². The normalized spacial score (nSPS) is 17.1. The maximum atomic E-state index is 11.4. The van der Waals surface area contributed by atoms with Gasteiger partial charge in [-0.15, -0.1) is 5.10 Å². The smallest absolute Gasteiger partial charge is 0.127 e. The molecule has 9 nitrogen and oxygen atoms in total. The summed E-state index contributed by atoms with van der Waals surface area (Å²) in [5.74, 6) is 1.36. The number of phenolic OH excluding ortho intramolecular Hbond substituents is 1. The van der Waals surface area contributed by atoms with Crippen molar-refractivity contribution in [3.05, 3.63) is 59.0 Å². The third-order valence-electron chi connectivity index (χ3n) is 8.89. The van der Waals surface area contributed by atoms with Gasteiger partial charge >= 0.3 is 0 Å². The first-order chi connectivity index (χ1) is 22.3. The highest BCUT2D eigenvalue weighted by Gasteiger charge is 2.31. The first kappa shape index (κ1) is 38.7. The summed E-state index contributed by atoms with van der Waals surface area (Å²) in [4.78, 5) is 0. The summed E-state index contributed by atoms with van der Waals surface area (Å²) in [5, 5.41) is 28.6. The number of hydrogen-bond acceptors (Lipinski definition) is 8. The second-order valence-corrected chi connectivity index (χ2v) is 14.3. The Morgan fingerprint density at radius 3 is 2.53 bits per heavy atom. The van der Waals surface area contributed by atoms with Crippen molar-refractivity contribution in [1.82, 2.24) is 15.0 Å². The number of nitrogens with zero attached hydrogens (tertiary/aromatic N) is 3. The fraction of sp³-hybridized carbons (Fsp3) is 0.684. The van der Waals surface area contributed by atoms with E-state index in [1.807, 2.05) is 12.3 Å². The van der Waals surface area contributed by atoms with Crippen molar-refractivity contribution >= 4 is 0 Å². The van der Waals surface area contributed by atoms with E-state index in [1.54, 1.807) is 4.68 Å². The summed E-state index contributed by atoms with van der Waals surface area (Å²) in [6.45, 7) is 21.8. The van der Waals surface area contributed by atoms with Gasteiger partial charge in [0, 0.05) is 24.1 Å². The molecule has 0 saturated heterocycles. The van der Waals surface area contributed by atoms with Gasteiger partial charge in [-0.3, -0.25) is 0 Å². The quantitative estimate of drug-likeness (QED) is 0.100. The first-order valence-corrected chi connectivity index (χ1v) is 17.5. The number of hydrogen-bond donors (Lipinski definition) is 2. The van der Waals surface area contributed by atoms with Crippen molar-refractivity contribution in [3.63, 3.8) is 0 Å². The van der Waals surface area contributed by atoms with Crippen molar-refractivity contribution in [2.75, 3.05) is 39.6 Å². The number of phenols is 1. The summed E-state index contributed by atoms with van der Waals surface area (Å²) < 4.78 is 26.1. The Hall–Kier alpha value is -2.72. The molecule has 3 rings (SSSR count). The van der Waals surface area contributed by atoms with Gasteiger partial charge in [-0.2, -0.15) is 0 Å². The Bertz CT molecular complexity index is 1280. The summed E-state index contributed by atoms with van der Waals surface area (Å²) in [7, 11) is 0. The molecule has 47 heavy (non-hydrogen) atoms. The Balaban J connectivity index is 1.55. The molecule has 0 amide bonds. The lowest BCUT2D eigenvalue weighted by Gasteiger charge is -2.32. The predicted octanol–water partition coefficient (Wildman–Crippen LogP) is 7.34. The van der Waals surface area contributed by atoms with E-state index in [9.17, 15) is 5.11 Å². The molecular formula is C38H61N3O6. The molecule has 2 N–H and O–H groups in total. The largest absolute Gasteiger partial charge is 0.507 e. The SMILES string of the molecule is C=C(C)C1CCC(C)=CC1c1c(O)cc(CCCCC)cc1OCCOC(C)(C)CCOC(C)(C)Cc1cn(CCOCCO)nn1. The number of aliphatic hydroxyl groups is 1.